The van der Waals surface area contributed by atoms with Crippen molar-refractivity contribution >= 4 is 17.6 Å². The summed E-state index contributed by atoms with van der Waals surface area (Å²) >= 11 is 0. The lowest BCUT2D eigenvalue weighted by Crippen LogP contribution is -2.34. The van der Waals surface area contributed by atoms with Crippen LogP contribution >= 0.6 is 0 Å². The van der Waals surface area contributed by atoms with Gasteiger partial charge in [0, 0.05) is 0 Å². The van der Waals surface area contributed by atoms with E-state index in [0.29, 0.717) is 17.0 Å². The van der Waals surface area contributed by atoms with Crippen molar-refractivity contribution in [3.05, 3.63) is 23.8 Å². The van der Waals surface area contributed by atoms with Crippen LogP contribution in [0.3, 0.4) is 0 Å². The van der Waals surface area contributed by atoms with Gasteiger partial charge in [0.1, 0.15) is 6.04 Å². The average Bonchev–Trinajstić information content (AvgIpc) is 2.29. The minimum absolute atomic E-state index is 0.335. The fourth-order valence-electron chi connectivity index (χ4n) is 1.47. The molecule has 1 aliphatic heterocycles. The maximum absolute atomic E-state index is 11.3. The summed E-state index contributed by atoms with van der Waals surface area (Å²) in [5.41, 5.74) is 1.04. The minimum atomic E-state index is -0.422. The van der Waals surface area contributed by atoms with Crippen LogP contribution in [0.4, 0.5) is 5.69 Å². The number of rotatable bonds is 1. The Kier molecular flexibility index (Phi) is 2.52. The molecule has 2 rings (SSSR count). The summed E-state index contributed by atoms with van der Waals surface area (Å²) in [6.45, 7) is 1.69. The molecule has 0 spiro atoms. The number of hydrogen-bond acceptors (Lipinski definition) is 5. The van der Waals surface area contributed by atoms with Gasteiger partial charge in [0.2, 0.25) is 0 Å². The summed E-state index contributed by atoms with van der Waals surface area (Å²) in [4.78, 5) is 22.5. The van der Waals surface area contributed by atoms with Crippen molar-refractivity contribution in [1.82, 2.24) is 0 Å². The van der Waals surface area contributed by atoms with Gasteiger partial charge < -0.3 is 14.8 Å². The van der Waals surface area contributed by atoms with Gasteiger partial charge in [0.05, 0.1) is 18.4 Å². The number of hydrogen-bond donors (Lipinski definition) is 1. The van der Waals surface area contributed by atoms with Crippen LogP contribution in [0.25, 0.3) is 0 Å². The number of benzene rings is 1. The SMILES string of the molecule is COC(=O)c1ccc2c(c1)NC(C)C(=O)O2. The highest BCUT2D eigenvalue weighted by atomic mass is 16.5. The highest BCUT2D eigenvalue weighted by Crippen LogP contribution is 2.30. The number of carbonyl (C=O) groups is 2. The quantitative estimate of drug-likeness (QED) is 0.570. The standard InChI is InChI=1S/C11H11NO4/c1-6-10(13)16-9-4-3-7(11(14)15-2)5-8(9)12-6/h3-6,12H,1-2H3. The molecular weight excluding hydrogens is 210 g/mol. The van der Waals surface area contributed by atoms with E-state index in [9.17, 15) is 9.59 Å². The molecule has 0 aromatic heterocycles. The third-order valence-corrected chi connectivity index (χ3v) is 2.34. The first kappa shape index (κ1) is 10.5. The highest BCUT2D eigenvalue weighted by Gasteiger charge is 2.24. The predicted octanol–water partition coefficient (Wildman–Crippen LogP) is 1.19. The number of anilines is 1. The van der Waals surface area contributed by atoms with Gasteiger partial charge in [0.15, 0.2) is 5.75 Å². The third kappa shape index (κ3) is 1.71. The molecule has 84 valence electrons. The largest absolute Gasteiger partial charge is 0.465 e. The molecule has 16 heavy (non-hydrogen) atoms. The Morgan fingerprint density at radius 2 is 2.25 bits per heavy atom. The van der Waals surface area contributed by atoms with Crippen LogP contribution in [-0.4, -0.2) is 25.1 Å². The third-order valence-electron chi connectivity index (χ3n) is 2.34. The van der Waals surface area contributed by atoms with E-state index < -0.39 is 12.0 Å². The van der Waals surface area contributed by atoms with Crippen molar-refractivity contribution in [1.29, 1.82) is 0 Å². The Labute approximate surface area is 92.4 Å². The number of carbonyl (C=O) groups excluding carboxylic acids is 2. The van der Waals surface area contributed by atoms with Crippen molar-refractivity contribution in [2.75, 3.05) is 12.4 Å². The maximum Gasteiger partial charge on any atom is 0.337 e. The smallest absolute Gasteiger partial charge is 0.337 e. The van der Waals surface area contributed by atoms with E-state index in [1.807, 2.05) is 0 Å². The number of ether oxygens (including phenoxy) is 2. The van der Waals surface area contributed by atoms with E-state index in [1.165, 1.54) is 7.11 Å². The zero-order valence-corrected chi connectivity index (χ0v) is 8.94. The second-order valence-electron chi connectivity index (χ2n) is 3.49. The molecule has 1 N–H and O–H groups in total. The molecule has 5 nitrogen and oxygen atoms in total. The van der Waals surface area contributed by atoms with E-state index in [-0.39, 0.29) is 5.97 Å². The summed E-state index contributed by atoms with van der Waals surface area (Å²) in [6.07, 6.45) is 0. The molecule has 1 aromatic carbocycles. The van der Waals surface area contributed by atoms with E-state index in [1.54, 1.807) is 25.1 Å². The van der Waals surface area contributed by atoms with Gasteiger partial charge in [-0.1, -0.05) is 0 Å². The first-order valence-corrected chi connectivity index (χ1v) is 4.82. The van der Waals surface area contributed by atoms with Crippen LogP contribution in [0.1, 0.15) is 17.3 Å². The Morgan fingerprint density at radius 1 is 1.50 bits per heavy atom. The average molecular weight is 221 g/mol. The number of esters is 2. The lowest BCUT2D eigenvalue weighted by Gasteiger charge is -2.22. The molecule has 0 bridgehead atoms. The topological polar surface area (TPSA) is 64.6 Å². The molecule has 0 radical (unpaired) electrons. The molecule has 5 heteroatoms. The number of fused-ring (bicyclic) bond motifs is 1. The van der Waals surface area contributed by atoms with Crippen molar-refractivity contribution in [2.45, 2.75) is 13.0 Å². The van der Waals surface area contributed by atoms with Crippen molar-refractivity contribution < 1.29 is 19.1 Å². The summed E-state index contributed by atoms with van der Waals surface area (Å²) in [5, 5.41) is 2.95. The molecule has 1 heterocycles. The lowest BCUT2D eigenvalue weighted by atomic mass is 10.1. The zero-order chi connectivity index (χ0) is 11.7. The molecule has 0 saturated carbocycles. The van der Waals surface area contributed by atoms with E-state index in [2.05, 4.69) is 10.1 Å². The van der Waals surface area contributed by atoms with Gasteiger partial charge in [0.25, 0.3) is 0 Å². The van der Waals surface area contributed by atoms with Crippen LogP contribution in [0, 0.1) is 0 Å². The second-order valence-corrected chi connectivity index (χ2v) is 3.49. The molecule has 1 aliphatic rings. The molecule has 0 amide bonds. The predicted molar refractivity (Wildman–Crippen MR) is 56.5 cm³/mol. The lowest BCUT2D eigenvalue weighted by molar-refractivity contribution is -0.135. The van der Waals surface area contributed by atoms with Crippen LogP contribution in [-0.2, 0) is 9.53 Å². The molecule has 1 aromatic rings. The fourth-order valence-corrected chi connectivity index (χ4v) is 1.47. The second kappa shape index (κ2) is 3.84. The summed E-state index contributed by atoms with van der Waals surface area (Å²) in [6, 6.07) is 4.30. The Bertz CT molecular complexity index is 455. The molecule has 0 fully saturated rings. The summed E-state index contributed by atoms with van der Waals surface area (Å²) in [5.74, 6) is -0.330. The molecule has 1 unspecified atom stereocenters. The monoisotopic (exact) mass is 221 g/mol. The van der Waals surface area contributed by atoms with Gasteiger partial charge >= 0.3 is 11.9 Å². The number of methoxy groups -OCH3 is 1. The van der Waals surface area contributed by atoms with Crippen LogP contribution < -0.4 is 10.1 Å². The van der Waals surface area contributed by atoms with Crippen molar-refractivity contribution in [3.8, 4) is 5.75 Å². The summed E-state index contributed by atoms with van der Waals surface area (Å²) in [7, 11) is 1.32. The van der Waals surface area contributed by atoms with Gasteiger partial charge in [-0.25, -0.2) is 9.59 Å². The maximum atomic E-state index is 11.3. The number of nitrogens with one attached hydrogen (secondary N) is 1. The van der Waals surface area contributed by atoms with Crippen LogP contribution in [0.2, 0.25) is 0 Å². The van der Waals surface area contributed by atoms with Gasteiger partial charge in [-0.2, -0.15) is 0 Å². The molecule has 1 atom stereocenters. The van der Waals surface area contributed by atoms with Gasteiger partial charge in [-0.15, -0.1) is 0 Å². The van der Waals surface area contributed by atoms with Crippen LogP contribution in [0.5, 0.6) is 5.75 Å². The zero-order valence-electron chi connectivity index (χ0n) is 8.94. The van der Waals surface area contributed by atoms with E-state index in [4.69, 9.17) is 4.74 Å². The minimum Gasteiger partial charge on any atom is -0.465 e. The van der Waals surface area contributed by atoms with Gasteiger partial charge in [-0.3, -0.25) is 0 Å². The molecular formula is C11H11NO4. The molecule has 0 aliphatic carbocycles. The van der Waals surface area contributed by atoms with E-state index in [0.717, 1.165) is 0 Å². The Morgan fingerprint density at radius 3 is 2.94 bits per heavy atom. The Hall–Kier alpha value is -2.04. The highest BCUT2D eigenvalue weighted by molar-refractivity contribution is 5.93. The van der Waals surface area contributed by atoms with Crippen molar-refractivity contribution in [2.24, 2.45) is 0 Å². The van der Waals surface area contributed by atoms with E-state index >= 15 is 0 Å². The Balaban J connectivity index is 2.36. The first-order chi connectivity index (χ1) is 7.61. The first-order valence-electron chi connectivity index (χ1n) is 4.82. The van der Waals surface area contributed by atoms with Gasteiger partial charge in [-0.05, 0) is 25.1 Å². The summed E-state index contributed by atoms with van der Waals surface area (Å²) < 4.78 is 9.66. The van der Waals surface area contributed by atoms with Crippen LogP contribution in [0.15, 0.2) is 18.2 Å². The normalized spacial score (nSPS) is 18.1. The van der Waals surface area contributed by atoms with Crippen molar-refractivity contribution in [3.63, 3.8) is 0 Å². The molecule has 0 saturated heterocycles. The fraction of sp³-hybridized carbons (Fsp3) is 0.273.